The van der Waals surface area contributed by atoms with Gasteiger partial charge in [-0.1, -0.05) is 12.1 Å². The first kappa shape index (κ1) is 25.1. The first-order chi connectivity index (χ1) is 14.8. The van der Waals surface area contributed by atoms with Crippen molar-refractivity contribution in [3.63, 3.8) is 0 Å². The Labute approximate surface area is 202 Å². The molecule has 0 atom stereocenters. The lowest BCUT2D eigenvalue weighted by Crippen LogP contribution is -2.47. The van der Waals surface area contributed by atoms with Gasteiger partial charge in [-0.25, -0.2) is 9.97 Å². The van der Waals surface area contributed by atoms with Gasteiger partial charge in [-0.3, -0.25) is 9.89 Å². The molecule has 0 bridgehead atoms. The molecule has 1 aliphatic rings. The van der Waals surface area contributed by atoms with Gasteiger partial charge in [-0.15, -0.1) is 24.0 Å². The van der Waals surface area contributed by atoms with Crippen LogP contribution >= 0.6 is 24.0 Å². The first-order valence-electron chi connectivity index (χ1n) is 10.6. The second-order valence-corrected chi connectivity index (χ2v) is 7.25. The van der Waals surface area contributed by atoms with Crippen LogP contribution in [0.2, 0.25) is 0 Å². The fourth-order valence-electron chi connectivity index (χ4n) is 3.47. The van der Waals surface area contributed by atoms with Crippen LogP contribution in [0.3, 0.4) is 0 Å². The number of guanidine groups is 1. The number of benzene rings is 1. The van der Waals surface area contributed by atoms with Crippen LogP contribution in [0.25, 0.3) is 0 Å². The molecule has 2 N–H and O–H groups in total. The summed E-state index contributed by atoms with van der Waals surface area (Å²) in [6.45, 7) is 6.89. The molecule has 0 aliphatic carbocycles. The molecular formula is C22H34IN7O. The molecule has 2 aromatic rings. The third kappa shape index (κ3) is 8.48. The number of piperazine rings is 1. The topological polar surface area (TPSA) is 77.9 Å². The second kappa shape index (κ2) is 14.0. The summed E-state index contributed by atoms with van der Waals surface area (Å²) in [4.78, 5) is 17.8. The lowest BCUT2D eigenvalue weighted by atomic mass is 10.1. The minimum Gasteiger partial charge on any atom is -0.497 e. The molecule has 1 aromatic heterocycles. The molecule has 0 spiro atoms. The molecule has 1 aromatic carbocycles. The number of nitrogens with zero attached hydrogens (tertiary/aromatic N) is 5. The molecule has 8 nitrogen and oxygen atoms in total. The van der Waals surface area contributed by atoms with Crippen LogP contribution in [0, 0.1) is 0 Å². The van der Waals surface area contributed by atoms with Crippen molar-refractivity contribution in [2.75, 3.05) is 64.9 Å². The van der Waals surface area contributed by atoms with Crippen molar-refractivity contribution in [3.8, 4) is 5.75 Å². The van der Waals surface area contributed by atoms with Gasteiger partial charge < -0.3 is 20.3 Å². The lowest BCUT2D eigenvalue weighted by molar-refractivity contribution is 0.254. The lowest BCUT2D eigenvalue weighted by Gasteiger charge is -2.34. The number of aliphatic imine (C=N–C) groups is 1. The molecule has 170 valence electrons. The van der Waals surface area contributed by atoms with E-state index in [-0.39, 0.29) is 24.0 Å². The maximum atomic E-state index is 5.20. The Kier molecular flexibility index (Phi) is 11.4. The SMILES string of the molecule is CN=C(NCCCN1CCN(c2ncccn2)CC1)NCCc1ccc(OC)cc1.I. The Morgan fingerprint density at radius 3 is 2.35 bits per heavy atom. The number of hydrogen-bond acceptors (Lipinski definition) is 6. The summed E-state index contributed by atoms with van der Waals surface area (Å²) in [5, 5.41) is 6.79. The van der Waals surface area contributed by atoms with Crippen LogP contribution in [-0.2, 0) is 6.42 Å². The summed E-state index contributed by atoms with van der Waals surface area (Å²) in [5.41, 5.74) is 1.28. The standard InChI is InChI=1S/C22H33N7O.HI/c1-23-21(25-13-9-19-5-7-20(30-2)8-6-19)24-12-4-14-28-15-17-29(18-16-28)22-26-10-3-11-27-22;/h3,5-8,10-11H,4,9,12-18H2,1-2H3,(H2,23,24,25);1H. The third-order valence-corrected chi connectivity index (χ3v) is 5.24. The molecule has 0 saturated carbocycles. The average molecular weight is 539 g/mol. The van der Waals surface area contributed by atoms with Crippen LogP contribution in [0.5, 0.6) is 5.75 Å². The molecule has 1 saturated heterocycles. The Morgan fingerprint density at radius 2 is 1.71 bits per heavy atom. The van der Waals surface area contributed by atoms with Gasteiger partial charge in [-0.2, -0.15) is 0 Å². The van der Waals surface area contributed by atoms with Crippen LogP contribution in [0.15, 0.2) is 47.7 Å². The third-order valence-electron chi connectivity index (χ3n) is 5.24. The normalized spacial score (nSPS) is 14.6. The zero-order valence-corrected chi connectivity index (χ0v) is 20.8. The van der Waals surface area contributed by atoms with Crippen molar-refractivity contribution < 1.29 is 4.74 Å². The van der Waals surface area contributed by atoms with Crippen LogP contribution in [-0.4, -0.2) is 80.8 Å². The summed E-state index contributed by atoms with van der Waals surface area (Å²) >= 11 is 0. The summed E-state index contributed by atoms with van der Waals surface area (Å²) in [7, 11) is 3.50. The average Bonchev–Trinajstić information content (AvgIpc) is 2.82. The number of rotatable bonds is 9. The van der Waals surface area contributed by atoms with E-state index in [9.17, 15) is 0 Å². The monoisotopic (exact) mass is 539 g/mol. The number of aromatic nitrogens is 2. The van der Waals surface area contributed by atoms with Gasteiger partial charge in [0.25, 0.3) is 0 Å². The smallest absolute Gasteiger partial charge is 0.225 e. The predicted octanol–water partition coefficient (Wildman–Crippen LogP) is 2.02. The summed E-state index contributed by atoms with van der Waals surface area (Å²) in [6, 6.07) is 10.0. The minimum absolute atomic E-state index is 0. The highest BCUT2D eigenvalue weighted by Gasteiger charge is 2.18. The van der Waals surface area contributed by atoms with Gasteiger partial charge in [-0.05, 0) is 43.1 Å². The molecule has 1 fully saturated rings. The van der Waals surface area contributed by atoms with E-state index < -0.39 is 0 Å². The number of hydrogen-bond donors (Lipinski definition) is 2. The quantitative estimate of drug-likeness (QED) is 0.219. The van der Waals surface area contributed by atoms with Crippen molar-refractivity contribution in [1.29, 1.82) is 0 Å². The number of methoxy groups -OCH3 is 1. The van der Waals surface area contributed by atoms with Crippen LogP contribution < -0.4 is 20.3 Å². The molecule has 3 rings (SSSR count). The van der Waals surface area contributed by atoms with Crippen molar-refractivity contribution in [3.05, 3.63) is 48.3 Å². The fraction of sp³-hybridized carbons (Fsp3) is 0.500. The summed E-state index contributed by atoms with van der Waals surface area (Å²) in [6.07, 6.45) is 5.64. The first-order valence-corrected chi connectivity index (χ1v) is 10.6. The van der Waals surface area contributed by atoms with Crippen LogP contribution in [0.4, 0.5) is 5.95 Å². The summed E-state index contributed by atoms with van der Waals surface area (Å²) in [5.74, 6) is 2.58. The van der Waals surface area contributed by atoms with Gasteiger partial charge in [0.2, 0.25) is 5.95 Å². The number of anilines is 1. The number of ether oxygens (including phenoxy) is 1. The van der Waals surface area contributed by atoms with E-state index in [1.165, 1.54) is 5.56 Å². The molecular weight excluding hydrogens is 505 g/mol. The molecule has 31 heavy (non-hydrogen) atoms. The van der Waals surface area contributed by atoms with Gasteiger partial charge in [0, 0.05) is 58.7 Å². The van der Waals surface area contributed by atoms with Crippen molar-refractivity contribution in [1.82, 2.24) is 25.5 Å². The molecule has 0 amide bonds. The van der Waals surface area contributed by atoms with E-state index >= 15 is 0 Å². The predicted molar refractivity (Wildman–Crippen MR) is 137 cm³/mol. The van der Waals surface area contributed by atoms with Crippen molar-refractivity contribution in [2.24, 2.45) is 4.99 Å². The van der Waals surface area contributed by atoms with Gasteiger partial charge in [0.05, 0.1) is 7.11 Å². The van der Waals surface area contributed by atoms with E-state index in [0.717, 1.165) is 76.3 Å². The highest BCUT2D eigenvalue weighted by molar-refractivity contribution is 14.0. The summed E-state index contributed by atoms with van der Waals surface area (Å²) < 4.78 is 5.20. The zero-order valence-electron chi connectivity index (χ0n) is 18.5. The Hall–Kier alpha value is -2.14. The van der Waals surface area contributed by atoms with Gasteiger partial charge in [0.15, 0.2) is 5.96 Å². The van der Waals surface area contributed by atoms with Gasteiger partial charge in [0.1, 0.15) is 5.75 Å². The zero-order chi connectivity index (χ0) is 21.0. The number of nitrogens with one attached hydrogen (secondary N) is 2. The van der Waals surface area contributed by atoms with E-state index in [1.54, 1.807) is 19.5 Å². The van der Waals surface area contributed by atoms with E-state index in [1.807, 2.05) is 25.2 Å². The molecule has 1 aliphatic heterocycles. The molecule has 9 heteroatoms. The number of halogens is 1. The van der Waals surface area contributed by atoms with Crippen LogP contribution in [0.1, 0.15) is 12.0 Å². The molecule has 2 heterocycles. The highest BCUT2D eigenvalue weighted by Crippen LogP contribution is 2.11. The van der Waals surface area contributed by atoms with E-state index in [2.05, 4.69) is 47.5 Å². The second-order valence-electron chi connectivity index (χ2n) is 7.25. The Balaban J connectivity index is 0.00000341. The Bertz CT molecular complexity index is 765. The van der Waals surface area contributed by atoms with E-state index in [0.29, 0.717) is 0 Å². The largest absolute Gasteiger partial charge is 0.497 e. The maximum Gasteiger partial charge on any atom is 0.225 e. The van der Waals surface area contributed by atoms with Crippen molar-refractivity contribution in [2.45, 2.75) is 12.8 Å². The fourth-order valence-corrected chi connectivity index (χ4v) is 3.47. The Morgan fingerprint density at radius 1 is 1.03 bits per heavy atom. The van der Waals surface area contributed by atoms with Crippen molar-refractivity contribution >= 4 is 35.9 Å². The highest BCUT2D eigenvalue weighted by atomic mass is 127. The van der Waals surface area contributed by atoms with E-state index in [4.69, 9.17) is 4.74 Å². The molecule has 0 radical (unpaired) electrons. The maximum absolute atomic E-state index is 5.20. The van der Waals surface area contributed by atoms with Gasteiger partial charge >= 0.3 is 0 Å². The minimum atomic E-state index is 0. The molecule has 0 unspecified atom stereocenters.